The van der Waals surface area contributed by atoms with Crippen molar-refractivity contribution in [3.05, 3.63) is 0 Å². The van der Waals surface area contributed by atoms with Gasteiger partial charge in [-0.3, -0.25) is 9.69 Å². The number of amides is 1. The van der Waals surface area contributed by atoms with Crippen LogP contribution in [0.5, 0.6) is 0 Å². The Morgan fingerprint density at radius 3 is 2.12 bits per heavy atom. The number of carboxylic acids is 1. The third kappa shape index (κ3) is 5.10. The summed E-state index contributed by atoms with van der Waals surface area (Å²) < 4.78 is 5.41. The summed E-state index contributed by atoms with van der Waals surface area (Å²) in [6, 6.07) is 0. The molecule has 1 aliphatic heterocycles. The Balaban J connectivity index is 1.78. The van der Waals surface area contributed by atoms with E-state index in [0.717, 1.165) is 58.2 Å². The van der Waals surface area contributed by atoms with Gasteiger partial charge in [-0.05, 0) is 46.6 Å². The van der Waals surface area contributed by atoms with Gasteiger partial charge in [0.1, 0.15) is 5.60 Å². The van der Waals surface area contributed by atoms with Crippen molar-refractivity contribution >= 4 is 12.1 Å². The summed E-state index contributed by atoms with van der Waals surface area (Å²) in [5.41, 5.74) is -0.996. The quantitative estimate of drug-likeness (QED) is 0.852. The Bertz CT molecular complexity index is 444. The normalized spacial score (nSPS) is 22.2. The van der Waals surface area contributed by atoms with Crippen molar-refractivity contribution in [3.8, 4) is 0 Å². The highest BCUT2D eigenvalue weighted by Gasteiger charge is 2.39. The van der Waals surface area contributed by atoms with Gasteiger partial charge in [-0.2, -0.15) is 0 Å². The molecule has 6 nitrogen and oxygen atoms in total. The highest BCUT2D eigenvalue weighted by Crippen LogP contribution is 2.39. The van der Waals surface area contributed by atoms with E-state index >= 15 is 0 Å². The van der Waals surface area contributed by atoms with Gasteiger partial charge in [-0.1, -0.05) is 19.3 Å². The fourth-order valence-corrected chi connectivity index (χ4v) is 3.65. The van der Waals surface area contributed by atoms with Gasteiger partial charge < -0.3 is 14.7 Å². The molecule has 2 rings (SSSR count). The van der Waals surface area contributed by atoms with Crippen molar-refractivity contribution in [2.24, 2.45) is 5.41 Å². The predicted octanol–water partition coefficient (Wildman–Crippen LogP) is 2.96. The maximum atomic E-state index is 12.1. The zero-order valence-electron chi connectivity index (χ0n) is 15.3. The van der Waals surface area contributed by atoms with E-state index < -0.39 is 17.0 Å². The van der Waals surface area contributed by atoms with Gasteiger partial charge in [0.05, 0.1) is 5.41 Å². The van der Waals surface area contributed by atoms with Crippen LogP contribution in [0, 0.1) is 5.41 Å². The van der Waals surface area contributed by atoms with E-state index in [9.17, 15) is 14.7 Å². The average Bonchev–Trinajstić information content (AvgIpc) is 2.52. The number of hydrogen-bond acceptors (Lipinski definition) is 4. The van der Waals surface area contributed by atoms with Gasteiger partial charge in [0.2, 0.25) is 0 Å². The van der Waals surface area contributed by atoms with Gasteiger partial charge in [0.25, 0.3) is 0 Å². The van der Waals surface area contributed by atoms with E-state index in [4.69, 9.17) is 4.74 Å². The third-order valence-corrected chi connectivity index (χ3v) is 5.19. The molecule has 1 saturated heterocycles. The van der Waals surface area contributed by atoms with E-state index in [0.29, 0.717) is 13.1 Å². The maximum Gasteiger partial charge on any atom is 0.410 e. The Morgan fingerprint density at radius 2 is 1.62 bits per heavy atom. The second kappa shape index (κ2) is 7.72. The molecule has 0 atom stereocenters. The van der Waals surface area contributed by atoms with Gasteiger partial charge in [0, 0.05) is 26.2 Å². The zero-order chi connectivity index (χ0) is 17.8. The van der Waals surface area contributed by atoms with E-state index in [2.05, 4.69) is 4.90 Å². The first-order valence-corrected chi connectivity index (χ1v) is 9.16. The molecule has 1 N–H and O–H groups in total. The Kier molecular flexibility index (Phi) is 6.12. The number of hydrogen-bond donors (Lipinski definition) is 1. The first-order valence-electron chi connectivity index (χ1n) is 9.16. The van der Waals surface area contributed by atoms with Crippen LogP contribution in [-0.4, -0.2) is 65.3 Å². The first-order chi connectivity index (χ1) is 11.2. The molecule has 0 aromatic rings. The number of aliphatic carboxylic acids is 1. The Morgan fingerprint density at radius 1 is 1.04 bits per heavy atom. The molecule has 0 spiro atoms. The molecule has 1 aliphatic carbocycles. The molecular weight excluding hydrogens is 308 g/mol. The molecular formula is C18H32N2O4. The molecule has 1 heterocycles. The molecule has 0 aromatic carbocycles. The summed E-state index contributed by atoms with van der Waals surface area (Å²) >= 11 is 0. The fourth-order valence-electron chi connectivity index (χ4n) is 3.65. The minimum Gasteiger partial charge on any atom is -0.481 e. The van der Waals surface area contributed by atoms with Crippen LogP contribution in [-0.2, 0) is 9.53 Å². The van der Waals surface area contributed by atoms with Crippen LogP contribution < -0.4 is 0 Å². The molecule has 1 amide bonds. The van der Waals surface area contributed by atoms with Crippen molar-refractivity contribution in [2.45, 2.75) is 64.9 Å². The summed E-state index contributed by atoms with van der Waals surface area (Å²) in [5.74, 6) is -0.630. The summed E-state index contributed by atoms with van der Waals surface area (Å²) in [6.07, 6.45) is 5.28. The van der Waals surface area contributed by atoms with Gasteiger partial charge in [0.15, 0.2) is 0 Å². The van der Waals surface area contributed by atoms with Crippen LogP contribution in [0.1, 0.15) is 59.3 Å². The number of ether oxygens (including phenoxy) is 1. The minimum absolute atomic E-state index is 0.253. The number of carbonyl (C=O) groups is 2. The molecule has 138 valence electrons. The zero-order valence-corrected chi connectivity index (χ0v) is 15.3. The van der Waals surface area contributed by atoms with E-state index in [1.807, 2.05) is 20.8 Å². The van der Waals surface area contributed by atoms with Crippen molar-refractivity contribution in [1.29, 1.82) is 0 Å². The number of carboxylic acid groups (broad SMARTS) is 1. The second-order valence-corrected chi connectivity index (χ2v) is 8.21. The van der Waals surface area contributed by atoms with Crippen LogP contribution >= 0.6 is 0 Å². The number of piperazine rings is 1. The topological polar surface area (TPSA) is 70.1 Å². The lowest BCUT2D eigenvalue weighted by Gasteiger charge is -2.38. The van der Waals surface area contributed by atoms with Gasteiger partial charge >= 0.3 is 12.1 Å². The largest absolute Gasteiger partial charge is 0.481 e. The second-order valence-electron chi connectivity index (χ2n) is 8.21. The highest BCUT2D eigenvalue weighted by molar-refractivity contribution is 5.74. The average molecular weight is 340 g/mol. The lowest BCUT2D eigenvalue weighted by Crippen LogP contribution is -2.51. The van der Waals surface area contributed by atoms with Crippen LogP contribution in [0.15, 0.2) is 0 Å². The summed E-state index contributed by atoms with van der Waals surface area (Å²) in [4.78, 5) is 27.8. The Labute approximate surface area is 145 Å². The summed E-state index contributed by atoms with van der Waals surface area (Å²) in [5, 5.41) is 9.65. The molecule has 2 fully saturated rings. The van der Waals surface area contributed by atoms with Crippen molar-refractivity contribution in [2.75, 3.05) is 32.7 Å². The maximum absolute atomic E-state index is 12.1. The molecule has 6 heteroatoms. The monoisotopic (exact) mass is 340 g/mol. The van der Waals surface area contributed by atoms with Gasteiger partial charge in [-0.25, -0.2) is 4.79 Å². The van der Waals surface area contributed by atoms with E-state index in [-0.39, 0.29) is 6.09 Å². The predicted molar refractivity (Wildman–Crippen MR) is 92.0 cm³/mol. The molecule has 0 bridgehead atoms. The minimum atomic E-state index is -0.630. The van der Waals surface area contributed by atoms with Crippen molar-refractivity contribution < 1.29 is 19.4 Å². The fraction of sp³-hybridized carbons (Fsp3) is 0.889. The van der Waals surface area contributed by atoms with Crippen molar-refractivity contribution in [3.63, 3.8) is 0 Å². The third-order valence-electron chi connectivity index (χ3n) is 5.19. The molecule has 0 unspecified atom stereocenters. The standard InChI is InChI=1S/C18H32N2O4/c1-17(2,3)24-16(23)20-13-11-19(12-14-20)10-9-18(15(21)22)7-5-4-6-8-18/h4-14H2,1-3H3,(H,21,22). The van der Waals surface area contributed by atoms with Crippen LogP contribution in [0.25, 0.3) is 0 Å². The number of carbonyl (C=O) groups excluding carboxylic acids is 1. The van der Waals surface area contributed by atoms with Crippen LogP contribution in [0.2, 0.25) is 0 Å². The molecule has 24 heavy (non-hydrogen) atoms. The molecule has 0 radical (unpaired) electrons. The lowest BCUT2D eigenvalue weighted by molar-refractivity contribution is -0.152. The van der Waals surface area contributed by atoms with Gasteiger partial charge in [-0.15, -0.1) is 0 Å². The number of nitrogens with zero attached hydrogens (tertiary/aromatic N) is 2. The van der Waals surface area contributed by atoms with Crippen LogP contribution in [0.3, 0.4) is 0 Å². The highest BCUT2D eigenvalue weighted by atomic mass is 16.6. The smallest absolute Gasteiger partial charge is 0.410 e. The molecule has 0 aromatic heterocycles. The first kappa shape index (κ1) is 19.0. The number of rotatable bonds is 4. The lowest BCUT2D eigenvalue weighted by atomic mass is 9.72. The van der Waals surface area contributed by atoms with Crippen molar-refractivity contribution in [1.82, 2.24) is 9.80 Å². The Hall–Kier alpha value is -1.30. The summed E-state index contributed by atoms with van der Waals surface area (Å²) in [6.45, 7) is 9.28. The SMILES string of the molecule is CC(C)(C)OC(=O)N1CCN(CCC2(C(=O)O)CCCCC2)CC1. The van der Waals surface area contributed by atoms with Crippen LogP contribution in [0.4, 0.5) is 4.79 Å². The molecule has 1 saturated carbocycles. The van der Waals surface area contributed by atoms with E-state index in [1.54, 1.807) is 4.90 Å². The molecule has 2 aliphatic rings. The van der Waals surface area contributed by atoms with E-state index in [1.165, 1.54) is 0 Å². The summed E-state index contributed by atoms with van der Waals surface area (Å²) in [7, 11) is 0.